The van der Waals surface area contributed by atoms with E-state index in [-0.39, 0.29) is 25.0 Å². The van der Waals surface area contributed by atoms with Gasteiger partial charge in [-0.05, 0) is 63.8 Å². The van der Waals surface area contributed by atoms with E-state index in [1.54, 1.807) is 17.9 Å². The minimum absolute atomic E-state index is 0.109. The zero-order chi connectivity index (χ0) is 28.7. The van der Waals surface area contributed by atoms with Crippen LogP contribution in [0.2, 0.25) is 0 Å². The first-order valence-electron chi connectivity index (χ1n) is 14.2. The number of nitrogens with zero attached hydrogens (tertiary/aromatic N) is 3. The summed E-state index contributed by atoms with van der Waals surface area (Å²) in [6.07, 6.45) is 3.16. The van der Waals surface area contributed by atoms with Gasteiger partial charge in [0.2, 0.25) is 5.91 Å². The SMILES string of the molecule is C=CCN(C(=O)C1N([C@@H](CO)[C@@H](C)CC)C(=O)[C@@H]2[C@H](C(=O)O)[C@]3(C)CCC12O3)c1ccc(N(CC)CC)cc1. The van der Waals surface area contributed by atoms with Crippen LogP contribution in [0.25, 0.3) is 0 Å². The minimum Gasteiger partial charge on any atom is -0.481 e. The molecule has 0 saturated carbocycles. The van der Waals surface area contributed by atoms with E-state index in [0.717, 1.165) is 18.8 Å². The van der Waals surface area contributed by atoms with Crippen molar-refractivity contribution in [1.29, 1.82) is 0 Å². The van der Waals surface area contributed by atoms with Gasteiger partial charge in [0.05, 0.1) is 30.1 Å². The Bertz CT molecular complexity index is 1100. The molecule has 1 aromatic carbocycles. The Balaban J connectivity index is 1.82. The van der Waals surface area contributed by atoms with E-state index in [9.17, 15) is 24.6 Å². The number of likely N-dealkylation sites (tertiary alicyclic amines) is 1. The van der Waals surface area contributed by atoms with Crippen LogP contribution in [-0.4, -0.2) is 82.4 Å². The second kappa shape index (κ2) is 10.9. The van der Waals surface area contributed by atoms with Crippen LogP contribution in [0.1, 0.15) is 53.9 Å². The van der Waals surface area contributed by atoms with Crippen LogP contribution in [0.15, 0.2) is 36.9 Å². The highest BCUT2D eigenvalue weighted by Crippen LogP contribution is 2.63. The monoisotopic (exact) mass is 541 g/mol. The smallest absolute Gasteiger partial charge is 0.310 e. The molecule has 9 heteroatoms. The highest BCUT2D eigenvalue weighted by atomic mass is 16.5. The zero-order valence-corrected chi connectivity index (χ0v) is 23.8. The molecule has 1 spiro atoms. The number of hydrogen-bond donors (Lipinski definition) is 2. The van der Waals surface area contributed by atoms with Crippen LogP contribution in [0.4, 0.5) is 11.4 Å². The van der Waals surface area contributed by atoms with Gasteiger partial charge in [0.1, 0.15) is 11.6 Å². The van der Waals surface area contributed by atoms with E-state index in [0.29, 0.717) is 24.9 Å². The quantitative estimate of drug-likeness (QED) is 0.391. The topological polar surface area (TPSA) is 111 Å². The van der Waals surface area contributed by atoms with Crippen LogP contribution in [0.3, 0.4) is 0 Å². The van der Waals surface area contributed by atoms with Crippen molar-refractivity contribution in [3.63, 3.8) is 0 Å². The number of aliphatic carboxylic acids is 1. The Morgan fingerprint density at radius 3 is 2.31 bits per heavy atom. The number of hydrogen-bond acceptors (Lipinski definition) is 6. The number of carboxylic acid groups (broad SMARTS) is 1. The van der Waals surface area contributed by atoms with E-state index in [2.05, 4.69) is 25.3 Å². The summed E-state index contributed by atoms with van der Waals surface area (Å²) in [6.45, 7) is 15.3. The molecule has 2 N–H and O–H groups in total. The highest BCUT2D eigenvalue weighted by Gasteiger charge is 2.79. The molecule has 214 valence electrons. The molecule has 7 atom stereocenters. The van der Waals surface area contributed by atoms with Gasteiger partial charge < -0.3 is 29.6 Å². The third kappa shape index (κ3) is 4.43. The molecular weight excluding hydrogens is 498 g/mol. The summed E-state index contributed by atoms with van der Waals surface area (Å²) in [5.74, 6) is -4.02. The van der Waals surface area contributed by atoms with Gasteiger partial charge in [-0.25, -0.2) is 0 Å². The lowest BCUT2D eigenvalue weighted by Crippen LogP contribution is -2.60. The minimum atomic E-state index is -1.27. The molecule has 9 nitrogen and oxygen atoms in total. The van der Waals surface area contributed by atoms with Crippen molar-refractivity contribution in [2.45, 2.75) is 77.2 Å². The van der Waals surface area contributed by atoms with E-state index >= 15 is 0 Å². The summed E-state index contributed by atoms with van der Waals surface area (Å²) in [4.78, 5) is 46.5. The van der Waals surface area contributed by atoms with Gasteiger partial charge in [-0.15, -0.1) is 6.58 Å². The lowest BCUT2D eigenvalue weighted by atomic mass is 9.66. The number of carbonyl (C=O) groups is 3. The van der Waals surface area contributed by atoms with Crippen molar-refractivity contribution in [3.8, 4) is 0 Å². The number of amides is 2. The average Bonchev–Trinajstić information content (AvgIpc) is 3.49. The van der Waals surface area contributed by atoms with Crippen molar-refractivity contribution in [2.75, 3.05) is 36.0 Å². The Morgan fingerprint density at radius 1 is 1.18 bits per heavy atom. The van der Waals surface area contributed by atoms with Crippen LogP contribution < -0.4 is 9.80 Å². The fraction of sp³-hybridized carbons (Fsp3) is 0.633. The predicted molar refractivity (Wildman–Crippen MR) is 150 cm³/mol. The second-order valence-corrected chi connectivity index (χ2v) is 11.4. The van der Waals surface area contributed by atoms with Crippen molar-refractivity contribution in [3.05, 3.63) is 36.9 Å². The molecule has 3 heterocycles. The number of carboxylic acids is 1. The van der Waals surface area contributed by atoms with E-state index in [4.69, 9.17) is 4.74 Å². The molecule has 39 heavy (non-hydrogen) atoms. The first kappa shape index (κ1) is 29.1. The molecule has 2 unspecified atom stereocenters. The molecule has 4 rings (SSSR count). The van der Waals surface area contributed by atoms with Crippen LogP contribution in [-0.2, 0) is 19.1 Å². The van der Waals surface area contributed by atoms with Crippen LogP contribution >= 0.6 is 0 Å². The first-order valence-corrected chi connectivity index (χ1v) is 14.2. The number of aliphatic hydroxyl groups excluding tert-OH is 1. The molecule has 3 aliphatic heterocycles. The number of anilines is 2. The molecular formula is C30H43N3O6. The maximum Gasteiger partial charge on any atom is 0.310 e. The number of carbonyl (C=O) groups excluding carboxylic acids is 2. The largest absolute Gasteiger partial charge is 0.481 e. The van der Waals surface area contributed by atoms with Gasteiger partial charge in [0.15, 0.2) is 0 Å². The number of fused-ring (bicyclic) bond motifs is 1. The Hall–Kier alpha value is -2.91. The number of rotatable bonds is 12. The fourth-order valence-electron chi connectivity index (χ4n) is 7.22. The summed E-state index contributed by atoms with van der Waals surface area (Å²) >= 11 is 0. The molecule has 2 bridgehead atoms. The van der Waals surface area contributed by atoms with E-state index < -0.39 is 47.0 Å². The molecule has 0 aliphatic carbocycles. The second-order valence-electron chi connectivity index (χ2n) is 11.4. The number of benzene rings is 1. The van der Waals surface area contributed by atoms with Crippen molar-refractivity contribution < 1.29 is 29.3 Å². The summed E-state index contributed by atoms with van der Waals surface area (Å²) in [7, 11) is 0. The zero-order valence-electron chi connectivity index (χ0n) is 23.8. The summed E-state index contributed by atoms with van der Waals surface area (Å²) < 4.78 is 6.53. The van der Waals surface area contributed by atoms with Gasteiger partial charge in [0.25, 0.3) is 5.91 Å². The number of aliphatic hydroxyl groups is 1. The van der Waals surface area contributed by atoms with Crippen LogP contribution in [0, 0.1) is 17.8 Å². The first-order chi connectivity index (χ1) is 18.5. The van der Waals surface area contributed by atoms with Crippen molar-refractivity contribution >= 4 is 29.2 Å². The lowest BCUT2D eigenvalue weighted by molar-refractivity contribution is -0.156. The van der Waals surface area contributed by atoms with Gasteiger partial charge in [0, 0.05) is 31.0 Å². The van der Waals surface area contributed by atoms with Gasteiger partial charge in [-0.1, -0.05) is 26.3 Å². The maximum absolute atomic E-state index is 14.6. The lowest BCUT2D eigenvalue weighted by Gasteiger charge is -2.41. The molecule has 3 aliphatic rings. The Kier molecular flexibility index (Phi) is 8.15. The normalized spacial score (nSPS) is 30.7. The third-order valence-electron chi connectivity index (χ3n) is 9.43. The van der Waals surface area contributed by atoms with E-state index in [1.807, 2.05) is 38.1 Å². The maximum atomic E-state index is 14.6. The van der Waals surface area contributed by atoms with Crippen molar-refractivity contribution in [2.24, 2.45) is 17.8 Å². The summed E-state index contributed by atoms with van der Waals surface area (Å²) in [6, 6.07) is 6.01. The van der Waals surface area contributed by atoms with Crippen LogP contribution in [0.5, 0.6) is 0 Å². The average molecular weight is 542 g/mol. The number of ether oxygens (including phenoxy) is 1. The Labute approximate surface area is 231 Å². The standard InChI is InChI=1S/C30H43N3O6/c1-7-17-32(21-13-11-20(12-14-21)31(9-3)10-4)27(36)25-30-16-15-29(6,39-30)24(28(37)38)23(30)26(35)33(25)22(18-34)19(5)8-2/h7,11-14,19,22-25,34H,1,8-10,15-18H2,2-6H3,(H,37,38)/t19-,22-,23-,24+,25?,29-,30?/m0/s1. The molecule has 1 aromatic rings. The van der Waals surface area contributed by atoms with Gasteiger partial charge >= 0.3 is 5.97 Å². The fourth-order valence-corrected chi connectivity index (χ4v) is 7.22. The predicted octanol–water partition coefficient (Wildman–Crippen LogP) is 3.31. The molecule has 2 amide bonds. The van der Waals surface area contributed by atoms with Gasteiger partial charge in [-0.2, -0.15) is 0 Å². The molecule has 0 aromatic heterocycles. The summed E-state index contributed by atoms with van der Waals surface area (Å²) in [5.41, 5.74) is -0.608. The van der Waals surface area contributed by atoms with Crippen molar-refractivity contribution in [1.82, 2.24) is 4.90 Å². The van der Waals surface area contributed by atoms with E-state index in [1.165, 1.54) is 4.90 Å². The van der Waals surface area contributed by atoms with Gasteiger partial charge in [-0.3, -0.25) is 14.4 Å². The molecule has 3 saturated heterocycles. The Morgan fingerprint density at radius 2 is 1.79 bits per heavy atom. The summed E-state index contributed by atoms with van der Waals surface area (Å²) in [5, 5.41) is 20.6. The molecule has 3 fully saturated rings. The molecule has 0 radical (unpaired) electrons. The third-order valence-corrected chi connectivity index (χ3v) is 9.43. The highest BCUT2D eigenvalue weighted by molar-refractivity contribution is 6.05.